The Hall–Kier alpha value is -1.76. The van der Waals surface area contributed by atoms with Crippen LogP contribution < -0.4 is 11.3 Å². The van der Waals surface area contributed by atoms with Crippen molar-refractivity contribution in [3.63, 3.8) is 0 Å². The summed E-state index contributed by atoms with van der Waals surface area (Å²) >= 11 is 1.48. The lowest BCUT2D eigenvalue weighted by molar-refractivity contribution is 0.472. The van der Waals surface area contributed by atoms with Gasteiger partial charge in [-0.1, -0.05) is 0 Å². The summed E-state index contributed by atoms with van der Waals surface area (Å²) in [6.07, 6.45) is 0. The van der Waals surface area contributed by atoms with Gasteiger partial charge in [0, 0.05) is 10.8 Å². The molecule has 0 spiro atoms. The van der Waals surface area contributed by atoms with E-state index in [2.05, 4.69) is 10.4 Å². The first-order valence-electron chi connectivity index (χ1n) is 5.31. The van der Waals surface area contributed by atoms with Crippen LogP contribution in [0, 0.1) is 5.82 Å². The number of aromatic nitrogens is 1. The molecule has 0 radical (unpaired) electrons. The normalized spacial score (nSPS) is 13.0. The summed E-state index contributed by atoms with van der Waals surface area (Å²) in [5, 5.41) is 2.60. The molecule has 0 fully saturated rings. The molecule has 3 rings (SSSR count). The lowest BCUT2D eigenvalue weighted by atomic mass is 10.1. The predicted octanol–water partition coefficient (Wildman–Crippen LogP) is 2.58. The molecule has 0 aliphatic heterocycles. The Balaban J connectivity index is 2.07. The fraction of sp³-hybridized carbons (Fsp3) is 0.0833. The van der Waals surface area contributed by atoms with E-state index in [1.807, 2.05) is 5.38 Å². The van der Waals surface area contributed by atoms with Gasteiger partial charge in [0.1, 0.15) is 23.2 Å². The first-order chi connectivity index (χ1) is 8.78. The van der Waals surface area contributed by atoms with Crippen LogP contribution in [0.4, 0.5) is 4.39 Å². The first-order valence-corrected chi connectivity index (χ1v) is 6.25. The van der Waals surface area contributed by atoms with Crippen molar-refractivity contribution in [2.45, 2.75) is 6.04 Å². The zero-order chi connectivity index (χ0) is 12.5. The van der Waals surface area contributed by atoms with Gasteiger partial charge in [0.05, 0.1) is 11.2 Å². The molecule has 18 heavy (non-hydrogen) atoms. The molecule has 3 N–H and O–H groups in total. The van der Waals surface area contributed by atoms with Crippen LogP contribution in [0.25, 0.3) is 11.0 Å². The minimum atomic E-state index is -0.327. The number of fused-ring (bicyclic) bond motifs is 1. The third-order valence-corrected chi connectivity index (χ3v) is 3.30. The molecular weight excluding hydrogens is 253 g/mol. The molecule has 4 nitrogen and oxygen atoms in total. The van der Waals surface area contributed by atoms with Gasteiger partial charge in [-0.3, -0.25) is 5.84 Å². The Morgan fingerprint density at radius 3 is 3.00 bits per heavy atom. The molecule has 0 amide bonds. The lowest BCUT2D eigenvalue weighted by Gasteiger charge is -2.09. The van der Waals surface area contributed by atoms with Gasteiger partial charge in [-0.15, -0.1) is 11.3 Å². The number of furan rings is 1. The first kappa shape index (κ1) is 11.3. The van der Waals surface area contributed by atoms with Crippen LogP contribution in [-0.2, 0) is 0 Å². The molecule has 2 heterocycles. The molecular formula is C12H10FN3OS. The Morgan fingerprint density at radius 1 is 1.39 bits per heavy atom. The summed E-state index contributed by atoms with van der Waals surface area (Å²) in [6.45, 7) is 0. The van der Waals surface area contributed by atoms with E-state index in [0.717, 1.165) is 5.69 Å². The van der Waals surface area contributed by atoms with Gasteiger partial charge in [0.25, 0.3) is 0 Å². The van der Waals surface area contributed by atoms with Crippen molar-refractivity contribution in [2.24, 2.45) is 5.84 Å². The van der Waals surface area contributed by atoms with Crippen molar-refractivity contribution in [3.8, 4) is 0 Å². The fourth-order valence-electron chi connectivity index (χ4n) is 1.85. The van der Waals surface area contributed by atoms with E-state index in [1.54, 1.807) is 17.6 Å². The molecule has 0 aliphatic carbocycles. The number of hydrogen-bond acceptors (Lipinski definition) is 5. The highest BCUT2D eigenvalue weighted by Gasteiger charge is 2.19. The van der Waals surface area contributed by atoms with Gasteiger partial charge < -0.3 is 4.42 Å². The highest BCUT2D eigenvalue weighted by Crippen LogP contribution is 2.28. The second-order valence-corrected chi connectivity index (χ2v) is 4.56. The Morgan fingerprint density at radius 2 is 2.28 bits per heavy atom. The predicted molar refractivity (Wildman–Crippen MR) is 67.5 cm³/mol. The van der Waals surface area contributed by atoms with Crippen LogP contribution in [-0.4, -0.2) is 4.98 Å². The van der Waals surface area contributed by atoms with E-state index >= 15 is 0 Å². The van der Waals surface area contributed by atoms with Crippen molar-refractivity contribution >= 4 is 22.3 Å². The smallest absolute Gasteiger partial charge is 0.134 e. The number of nitrogens with two attached hydrogens (primary N) is 1. The number of benzene rings is 1. The molecule has 92 valence electrons. The third kappa shape index (κ3) is 1.90. The van der Waals surface area contributed by atoms with E-state index in [-0.39, 0.29) is 11.9 Å². The summed E-state index contributed by atoms with van der Waals surface area (Å²) in [4.78, 5) is 4.19. The standard InChI is InChI=1S/C12H10FN3OS/c13-8-1-2-10-7(3-8)4-11(17-10)12(16-14)9-5-18-6-15-9/h1-6,12,16H,14H2. The van der Waals surface area contributed by atoms with E-state index in [9.17, 15) is 4.39 Å². The van der Waals surface area contributed by atoms with Crippen LogP contribution in [0.3, 0.4) is 0 Å². The van der Waals surface area contributed by atoms with E-state index in [4.69, 9.17) is 10.3 Å². The van der Waals surface area contributed by atoms with Crippen LogP contribution in [0.5, 0.6) is 0 Å². The summed E-state index contributed by atoms with van der Waals surface area (Å²) in [5.41, 5.74) is 5.78. The van der Waals surface area contributed by atoms with Crippen molar-refractivity contribution in [3.05, 3.63) is 52.4 Å². The van der Waals surface area contributed by atoms with Gasteiger partial charge in [0.15, 0.2) is 0 Å². The van der Waals surface area contributed by atoms with Gasteiger partial charge in [-0.05, 0) is 24.3 Å². The average molecular weight is 263 g/mol. The maximum atomic E-state index is 13.1. The molecule has 1 unspecified atom stereocenters. The molecule has 0 aliphatic rings. The second kappa shape index (κ2) is 4.49. The highest BCUT2D eigenvalue weighted by atomic mass is 32.1. The van der Waals surface area contributed by atoms with E-state index in [1.165, 1.54) is 23.5 Å². The van der Waals surface area contributed by atoms with Crippen molar-refractivity contribution < 1.29 is 8.81 Å². The SMILES string of the molecule is NNC(c1cscn1)c1cc2cc(F)ccc2o1. The Bertz CT molecular complexity index is 665. The van der Waals surface area contributed by atoms with Crippen molar-refractivity contribution in [1.82, 2.24) is 10.4 Å². The molecule has 0 saturated carbocycles. The zero-order valence-electron chi connectivity index (χ0n) is 9.26. The van der Waals surface area contributed by atoms with Crippen LogP contribution >= 0.6 is 11.3 Å². The number of nitrogens with one attached hydrogen (secondary N) is 1. The largest absolute Gasteiger partial charge is 0.459 e. The second-order valence-electron chi connectivity index (χ2n) is 3.84. The van der Waals surface area contributed by atoms with Crippen molar-refractivity contribution in [2.75, 3.05) is 0 Å². The molecule has 3 aromatic rings. The molecule has 1 atom stereocenters. The Labute approximate surface area is 106 Å². The minimum Gasteiger partial charge on any atom is -0.459 e. The van der Waals surface area contributed by atoms with Crippen molar-refractivity contribution in [1.29, 1.82) is 0 Å². The maximum Gasteiger partial charge on any atom is 0.134 e. The van der Waals surface area contributed by atoms with Crippen LogP contribution in [0.1, 0.15) is 17.5 Å². The lowest BCUT2D eigenvalue weighted by Crippen LogP contribution is -2.28. The quantitative estimate of drug-likeness (QED) is 0.563. The van der Waals surface area contributed by atoms with Gasteiger partial charge in [0.2, 0.25) is 0 Å². The number of hydrogen-bond donors (Lipinski definition) is 2. The molecule has 2 aromatic heterocycles. The molecule has 0 saturated heterocycles. The maximum absolute atomic E-state index is 13.1. The monoisotopic (exact) mass is 263 g/mol. The van der Waals surface area contributed by atoms with E-state index in [0.29, 0.717) is 16.7 Å². The number of thiazole rings is 1. The number of rotatable bonds is 3. The summed E-state index contributed by atoms with van der Waals surface area (Å²) in [7, 11) is 0. The van der Waals surface area contributed by atoms with Crippen LogP contribution in [0.2, 0.25) is 0 Å². The zero-order valence-corrected chi connectivity index (χ0v) is 10.1. The fourth-order valence-corrected chi connectivity index (χ4v) is 2.43. The van der Waals surface area contributed by atoms with Crippen LogP contribution in [0.15, 0.2) is 39.6 Å². The molecule has 1 aromatic carbocycles. The summed E-state index contributed by atoms with van der Waals surface area (Å²) in [5.74, 6) is 5.85. The topological polar surface area (TPSA) is 64.1 Å². The number of nitrogens with zero attached hydrogens (tertiary/aromatic N) is 1. The van der Waals surface area contributed by atoms with Gasteiger partial charge in [-0.25, -0.2) is 14.8 Å². The molecule has 0 bridgehead atoms. The average Bonchev–Trinajstić information content (AvgIpc) is 2.98. The summed E-state index contributed by atoms with van der Waals surface area (Å²) < 4.78 is 18.8. The number of halogens is 1. The van der Waals surface area contributed by atoms with Gasteiger partial charge in [-0.2, -0.15) is 0 Å². The summed E-state index contributed by atoms with van der Waals surface area (Å²) in [6, 6.07) is 5.83. The molecule has 6 heteroatoms. The minimum absolute atomic E-state index is 0.291. The highest BCUT2D eigenvalue weighted by molar-refractivity contribution is 7.07. The Kier molecular flexibility index (Phi) is 2.83. The van der Waals surface area contributed by atoms with Gasteiger partial charge >= 0.3 is 0 Å². The third-order valence-electron chi connectivity index (χ3n) is 2.70. The van der Waals surface area contributed by atoms with E-state index < -0.39 is 0 Å². The number of hydrazine groups is 1.